The molecule has 6 heteroatoms. The van der Waals surface area contributed by atoms with Gasteiger partial charge in [0.2, 0.25) is 0 Å². The number of amides is 1. The zero-order chi connectivity index (χ0) is 25.8. The lowest BCUT2D eigenvalue weighted by Crippen LogP contribution is -2.41. The fourth-order valence-corrected chi connectivity index (χ4v) is 4.85. The van der Waals surface area contributed by atoms with Gasteiger partial charge in [0.25, 0.3) is 11.8 Å². The highest BCUT2D eigenvalue weighted by molar-refractivity contribution is 5.97. The van der Waals surface area contributed by atoms with Crippen LogP contribution < -0.4 is 10.1 Å². The number of rotatable bonds is 7. The molecular formula is C30H36F2N2O2. The van der Waals surface area contributed by atoms with E-state index in [0.29, 0.717) is 37.6 Å². The molecule has 4 nitrogen and oxygen atoms in total. The molecule has 3 aromatic carbocycles. The van der Waals surface area contributed by atoms with Gasteiger partial charge in [0.1, 0.15) is 12.4 Å². The van der Waals surface area contributed by atoms with Gasteiger partial charge in [0, 0.05) is 38.0 Å². The Morgan fingerprint density at radius 3 is 2.39 bits per heavy atom. The molecule has 0 radical (unpaired) electrons. The number of nitrogens with zero attached hydrogens (tertiary/aromatic N) is 1. The van der Waals surface area contributed by atoms with Crippen LogP contribution in [0.5, 0.6) is 5.75 Å². The summed E-state index contributed by atoms with van der Waals surface area (Å²) in [6.45, 7) is 7.68. The van der Waals surface area contributed by atoms with Crippen LogP contribution in [-0.4, -0.2) is 43.0 Å². The van der Waals surface area contributed by atoms with E-state index in [1.54, 1.807) is 6.07 Å². The van der Waals surface area contributed by atoms with Gasteiger partial charge in [-0.25, -0.2) is 8.78 Å². The van der Waals surface area contributed by atoms with Crippen molar-refractivity contribution in [1.82, 2.24) is 10.2 Å². The Morgan fingerprint density at radius 2 is 1.67 bits per heavy atom. The van der Waals surface area contributed by atoms with Gasteiger partial charge in [-0.1, -0.05) is 62.4 Å². The van der Waals surface area contributed by atoms with E-state index in [-0.39, 0.29) is 24.3 Å². The molecule has 0 spiro atoms. The Kier molecular flexibility index (Phi) is 7.94. The second-order valence-electron chi connectivity index (χ2n) is 9.59. The monoisotopic (exact) mass is 494 g/mol. The first kappa shape index (κ1) is 26.1. The maximum absolute atomic E-state index is 13.3. The molecular weight excluding hydrogens is 458 g/mol. The van der Waals surface area contributed by atoms with Crippen molar-refractivity contribution in [2.24, 2.45) is 0 Å². The van der Waals surface area contributed by atoms with Crippen molar-refractivity contribution >= 4 is 16.7 Å². The average Bonchev–Trinajstić information content (AvgIpc) is 3.67. The molecule has 0 unspecified atom stereocenters. The van der Waals surface area contributed by atoms with Gasteiger partial charge in [-0.05, 0) is 53.8 Å². The zero-order valence-electron chi connectivity index (χ0n) is 21.4. The molecule has 5 rings (SSSR count). The maximum Gasteiger partial charge on any atom is 0.252 e. The Balaban J connectivity index is 0.00000148. The lowest BCUT2D eigenvalue weighted by atomic mass is 9.96. The van der Waals surface area contributed by atoms with E-state index in [9.17, 15) is 13.6 Å². The van der Waals surface area contributed by atoms with E-state index in [2.05, 4.69) is 29.6 Å². The molecule has 0 aromatic heterocycles. The summed E-state index contributed by atoms with van der Waals surface area (Å²) in [6.07, 6.45) is 1.63. The number of halogens is 2. The molecule has 2 aliphatic rings. The highest BCUT2D eigenvalue weighted by Crippen LogP contribution is 2.48. The van der Waals surface area contributed by atoms with Crippen molar-refractivity contribution < 1.29 is 18.3 Å². The minimum Gasteiger partial charge on any atom is -0.492 e. The number of fused-ring (bicyclic) bond motifs is 1. The van der Waals surface area contributed by atoms with Gasteiger partial charge in [-0.3, -0.25) is 9.69 Å². The van der Waals surface area contributed by atoms with Gasteiger partial charge >= 0.3 is 0 Å². The van der Waals surface area contributed by atoms with Crippen LogP contribution in [0.25, 0.3) is 10.8 Å². The maximum atomic E-state index is 13.3. The summed E-state index contributed by atoms with van der Waals surface area (Å²) in [7, 11) is 0. The number of carbonyl (C=O) groups is 1. The molecule has 1 N–H and O–H groups in total. The Hall–Kier alpha value is -2.99. The Bertz CT molecular complexity index is 1190. The van der Waals surface area contributed by atoms with Crippen LogP contribution in [0.3, 0.4) is 0 Å². The molecule has 0 bridgehead atoms. The zero-order valence-corrected chi connectivity index (χ0v) is 21.4. The molecule has 1 aliphatic carbocycles. The van der Waals surface area contributed by atoms with Crippen LogP contribution in [0.15, 0.2) is 60.7 Å². The molecule has 2 fully saturated rings. The fraction of sp³-hybridized carbons (Fsp3) is 0.433. The molecule has 1 saturated heterocycles. The number of likely N-dealkylation sites (tertiary alicyclic amines) is 1. The van der Waals surface area contributed by atoms with Crippen molar-refractivity contribution in [2.45, 2.75) is 57.9 Å². The first-order chi connectivity index (χ1) is 17.4. The van der Waals surface area contributed by atoms with E-state index in [1.807, 2.05) is 56.0 Å². The van der Waals surface area contributed by atoms with Crippen LogP contribution in [-0.2, 0) is 5.54 Å². The number of aryl methyl sites for hydroxylation is 1. The largest absolute Gasteiger partial charge is 0.492 e. The number of piperidine rings is 1. The molecule has 192 valence electrons. The molecule has 1 amide bonds. The molecule has 3 aromatic rings. The Morgan fingerprint density at radius 1 is 0.972 bits per heavy atom. The molecule has 1 heterocycles. The van der Waals surface area contributed by atoms with Gasteiger partial charge in [-0.2, -0.15) is 0 Å². The van der Waals surface area contributed by atoms with Gasteiger partial charge in [0.15, 0.2) is 0 Å². The molecule has 0 atom stereocenters. The van der Waals surface area contributed by atoms with Gasteiger partial charge in [-0.15, -0.1) is 0 Å². The normalized spacial score (nSPS) is 18.1. The minimum atomic E-state index is -2.54. The predicted molar refractivity (Wildman–Crippen MR) is 141 cm³/mol. The standard InChI is InChI=1S/C28H30F2N2O2.C2H6/c1-20-9-10-22(34-18-17-32-15-13-28(29,30)14-16-32)19-24(20)26(33)31-27(11-12-27)25-8-4-6-21-5-2-3-7-23(21)25;1-2/h2-10,19H,11-18H2,1H3,(H,31,33);1-2H3. The van der Waals surface area contributed by atoms with Gasteiger partial charge in [0.05, 0.1) is 5.54 Å². The molecule has 1 saturated carbocycles. The second kappa shape index (κ2) is 11.0. The third-order valence-corrected chi connectivity index (χ3v) is 7.13. The number of alkyl halides is 2. The van der Waals surface area contributed by atoms with Crippen LogP contribution in [0.2, 0.25) is 0 Å². The summed E-state index contributed by atoms with van der Waals surface area (Å²) in [6, 6.07) is 20.1. The van der Waals surface area contributed by atoms with E-state index in [1.165, 1.54) is 10.8 Å². The lowest BCUT2D eigenvalue weighted by Gasteiger charge is -2.31. The number of carbonyl (C=O) groups excluding carboxylic acids is 1. The van der Waals surface area contributed by atoms with Crippen molar-refractivity contribution in [3.05, 3.63) is 77.4 Å². The molecule has 1 aliphatic heterocycles. The summed E-state index contributed by atoms with van der Waals surface area (Å²) in [4.78, 5) is 15.3. The number of nitrogens with one attached hydrogen (secondary N) is 1. The summed E-state index contributed by atoms with van der Waals surface area (Å²) >= 11 is 0. The van der Waals surface area contributed by atoms with E-state index < -0.39 is 5.92 Å². The average molecular weight is 495 g/mol. The van der Waals surface area contributed by atoms with Crippen LogP contribution in [0.4, 0.5) is 8.78 Å². The summed E-state index contributed by atoms with van der Waals surface area (Å²) in [5.74, 6) is -2.03. The quantitative estimate of drug-likeness (QED) is 0.397. The third kappa shape index (κ3) is 5.86. The number of benzene rings is 3. The van der Waals surface area contributed by atoms with Crippen LogP contribution in [0.1, 0.15) is 61.0 Å². The Labute approximate surface area is 212 Å². The predicted octanol–water partition coefficient (Wildman–Crippen LogP) is 6.70. The fourth-order valence-electron chi connectivity index (χ4n) is 4.85. The number of hydrogen-bond donors (Lipinski definition) is 1. The smallest absolute Gasteiger partial charge is 0.252 e. The SMILES string of the molecule is CC.Cc1ccc(OCCN2CCC(F)(F)CC2)cc1C(=O)NC1(c2cccc3ccccc23)CC1. The first-order valence-corrected chi connectivity index (χ1v) is 13.0. The van der Waals surface area contributed by atoms with Crippen LogP contribution in [0, 0.1) is 6.92 Å². The number of ether oxygens (including phenoxy) is 1. The third-order valence-electron chi connectivity index (χ3n) is 7.13. The summed E-state index contributed by atoms with van der Waals surface area (Å²) in [5, 5.41) is 5.65. The molecule has 36 heavy (non-hydrogen) atoms. The number of hydrogen-bond acceptors (Lipinski definition) is 3. The van der Waals surface area contributed by atoms with Crippen molar-refractivity contribution in [3.63, 3.8) is 0 Å². The van der Waals surface area contributed by atoms with Crippen molar-refractivity contribution in [2.75, 3.05) is 26.2 Å². The minimum absolute atomic E-state index is 0.0969. The van der Waals surface area contributed by atoms with Gasteiger partial charge < -0.3 is 10.1 Å². The lowest BCUT2D eigenvalue weighted by molar-refractivity contribution is -0.0564. The highest BCUT2D eigenvalue weighted by atomic mass is 19.3. The summed E-state index contributed by atoms with van der Waals surface area (Å²) in [5.41, 5.74) is 2.31. The summed E-state index contributed by atoms with van der Waals surface area (Å²) < 4.78 is 32.6. The van der Waals surface area contributed by atoms with E-state index in [4.69, 9.17) is 4.74 Å². The highest BCUT2D eigenvalue weighted by Gasteiger charge is 2.46. The topological polar surface area (TPSA) is 41.6 Å². The van der Waals surface area contributed by atoms with Crippen molar-refractivity contribution in [3.8, 4) is 5.75 Å². The van der Waals surface area contributed by atoms with Crippen molar-refractivity contribution in [1.29, 1.82) is 0 Å². The van der Waals surface area contributed by atoms with Crippen LogP contribution >= 0.6 is 0 Å². The van der Waals surface area contributed by atoms with E-state index >= 15 is 0 Å². The van der Waals surface area contributed by atoms with E-state index in [0.717, 1.165) is 24.0 Å². The second-order valence-corrected chi connectivity index (χ2v) is 9.59. The first-order valence-electron chi connectivity index (χ1n) is 13.0.